The van der Waals surface area contributed by atoms with Crippen LogP contribution in [0.4, 0.5) is 28.4 Å². The third-order valence-electron chi connectivity index (χ3n) is 15.0. The second kappa shape index (κ2) is 16.9. The van der Waals surface area contributed by atoms with Gasteiger partial charge in [-0.3, -0.25) is 19.8 Å². The van der Waals surface area contributed by atoms with Crippen molar-refractivity contribution in [2.45, 2.75) is 87.2 Å². The number of nitro groups is 1. The van der Waals surface area contributed by atoms with Crippen LogP contribution < -0.4 is 24.6 Å². The smallest absolute Gasteiger partial charge is 0.296 e. The first-order valence-corrected chi connectivity index (χ1v) is 24.7. The first-order valence-electron chi connectivity index (χ1n) is 23.3. The molecule has 0 bridgehead atoms. The predicted molar refractivity (Wildman–Crippen MR) is 247 cm³/mol. The number of nitrogens with zero attached hydrogens (tertiary/aromatic N) is 6. The van der Waals surface area contributed by atoms with Gasteiger partial charge in [-0.2, -0.15) is 13.4 Å². The van der Waals surface area contributed by atoms with E-state index >= 15 is 0 Å². The molecule has 5 aromatic rings. The summed E-state index contributed by atoms with van der Waals surface area (Å²) in [5, 5.41) is 15.5. The zero-order valence-electron chi connectivity index (χ0n) is 36.4. The number of hydrogen-bond acceptors (Lipinski definition) is 13. The third-order valence-corrected chi connectivity index (χ3v) is 16.2. The van der Waals surface area contributed by atoms with E-state index in [2.05, 4.69) is 54.1 Å². The third kappa shape index (κ3) is 8.15. The summed E-state index contributed by atoms with van der Waals surface area (Å²) in [7, 11) is -4.65. The fourth-order valence-electron chi connectivity index (χ4n) is 11.2. The number of aromatic amines is 1. The molecule has 340 valence electrons. The minimum atomic E-state index is -4.65. The molecule has 1 amide bonds. The van der Waals surface area contributed by atoms with Crippen molar-refractivity contribution in [3.63, 3.8) is 0 Å². The molecule has 11 rings (SSSR count). The maximum Gasteiger partial charge on any atom is 0.296 e. The molecule has 0 radical (unpaired) electrons. The van der Waals surface area contributed by atoms with Crippen LogP contribution in [0.1, 0.15) is 97.7 Å². The van der Waals surface area contributed by atoms with Gasteiger partial charge in [-0.15, -0.1) is 0 Å². The number of sulfonamides is 1. The van der Waals surface area contributed by atoms with Crippen LogP contribution in [0.2, 0.25) is 0 Å². The molecule has 2 aliphatic carbocycles. The summed E-state index contributed by atoms with van der Waals surface area (Å²) >= 11 is 0. The number of hydrogen-bond donors (Lipinski definition) is 3. The quantitative estimate of drug-likeness (QED) is 0.0813. The van der Waals surface area contributed by atoms with Crippen LogP contribution in [0.5, 0.6) is 5.88 Å². The molecule has 1 unspecified atom stereocenters. The Balaban J connectivity index is 0.830. The number of nitrogens with one attached hydrogen (secondary N) is 3. The number of carbonyl (C=O) groups is 1. The van der Waals surface area contributed by atoms with Gasteiger partial charge in [-0.05, 0) is 129 Å². The summed E-state index contributed by atoms with van der Waals surface area (Å²) in [6.45, 7) is 5.28. The number of likely N-dealkylation sites (tertiary alicyclic amines) is 1. The van der Waals surface area contributed by atoms with Crippen molar-refractivity contribution in [1.29, 1.82) is 0 Å². The first-order chi connectivity index (χ1) is 31.6. The standard InChI is InChI=1S/C48H55N9O7S/c58-46(53-65(61,62)44-26-42(57(59)60)39(30-51-44)50-29-31-12-21-63-22-13-31)38-10-9-34(25-41(38)56-20-23-64-47-43(56)24-33-11-16-49-45(33)52-47)54-18-14-48(15-19-54)27-35(28-48)55-17-3-6-40(55)37-5-2-1-4-36(37)32-7-8-32/h1-2,4-5,9-11,16,24-26,30-32,35,40,50H,3,6-8,12-15,17-23,27-29H2,(H,49,52)(H,53,58). The van der Waals surface area contributed by atoms with E-state index in [4.69, 9.17) is 14.5 Å². The molecule has 3 saturated heterocycles. The summed E-state index contributed by atoms with van der Waals surface area (Å²) in [6, 6.07) is 20.6. The Morgan fingerprint density at radius 3 is 2.51 bits per heavy atom. The molecule has 1 atom stereocenters. The molecule has 7 heterocycles. The van der Waals surface area contributed by atoms with Crippen molar-refractivity contribution in [2.75, 3.05) is 67.7 Å². The summed E-state index contributed by atoms with van der Waals surface area (Å²) in [4.78, 5) is 44.9. The van der Waals surface area contributed by atoms with Gasteiger partial charge in [0.05, 0.1) is 35.0 Å². The van der Waals surface area contributed by atoms with Gasteiger partial charge < -0.3 is 29.6 Å². The predicted octanol–water partition coefficient (Wildman–Crippen LogP) is 7.82. The van der Waals surface area contributed by atoms with E-state index in [1.807, 2.05) is 29.2 Å². The van der Waals surface area contributed by atoms with E-state index in [0.29, 0.717) is 66.7 Å². The number of fused-ring (bicyclic) bond motifs is 2. The lowest BCUT2D eigenvalue weighted by Crippen LogP contribution is -2.55. The van der Waals surface area contributed by atoms with Crippen LogP contribution in [-0.2, 0) is 14.8 Å². The summed E-state index contributed by atoms with van der Waals surface area (Å²) in [5.41, 5.74) is 5.98. The molecule has 1 spiro atoms. The minimum absolute atomic E-state index is 0.104. The lowest BCUT2D eigenvalue weighted by molar-refractivity contribution is -0.384. The molecule has 17 heteroatoms. The molecule has 2 aromatic carbocycles. The van der Waals surface area contributed by atoms with Crippen LogP contribution in [-0.4, -0.2) is 97.7 Å². The number of piperidine rings is 1. The topological polar surface area (TPSA) is 188 Å². The number of carbonyl (C=O) groups excluding carboxylic acids is 1. The van der Waals surface area contributed by atoms with E-state index in [1.54, 1.807) is 23.4 Å². The maximum atomic E-state index is 14.3. The van der Waals surface area contributed by atoms with Gasteiger partial charge in [-0.1, -0.05) is 24.3 Å². The average Bonchev–Trinajstić information content (AvgIpc) is 3.87. The molecule has 6 aliphatic rings. The van der Waals surface area contributed by atoms with Gasteiger partial charge in [0, 0.05) is 62.2 Å². The number of aromatic nitrogens is 3. The van der Waals surface area contributed by atoms with Crippen LogP contribution >= 0.6 is 0 Å². The van der Waals surface area contributed by atoms with Crippen molar-refractivity contribution < 1.29 is 27.6 Å². The van der Waals surface area contributed by atoms with E-state index in [0.717, 1.165) is 68.0 Å². The fraction of sp³-hybridized carbons (Fsp3) is 0.479. The Labute approximate surface area is 378 Å². The van der Waals surface area contributed by atoms with Crippen molar-refractivity contribution in [2.24, 2.45) is 11.3 Å². The van der Waals surface area contributed by atoms with Gasteiger partial charge >= 0.3 is 0 Å². The molecule has 3 aromatic heterocycles. The Morgan fingerprint density at radius 1 is 0.923 bits per heavy atom. The molecule has 16 nitrogen and oxygen atoms in total. The van der Waals surface area contributed by atoms with Crippen LogP contribution in [0.15, 0.2) is 78.1 Å². The van der Waals surface area contributed by atoms with Crippen molar-refractivity contribution in [3.8, 4) is 5.88 Å². The monoisotopic (exact) mass is 901 g/mol. The average molecular weight is 902 g/mol. The highest BCUT2D eigenvalue weighted by Gasteiger charge is 2.50. The number of ether oxygens (including phenoxy) is 2. The Hall–Kier alpha value is -5.78. The maximum absolute atomic E-state index is 14.3. The molecule has 5 fully saturated rings. The molecule has 2 saturated carbocycles. The summed E-state index contributed by atoms with van der Waals surface area (Å²) in [5.74, 6) is 0.507. The molecular formula is C48H55N9O7S. The number of H-pyrrole nitrogens is 1. The van der Waals surface area contributed by atoms with Crippen LogP contribution in [0, 0.1) is 21.4 Å². The van der Waals surface area contributed by atoms with E-state index in [1.165, 1.54) is 45.1 Å². The zero-order valence-corrected chi connectivity index (χ0v) is 37.2. The number of amides is 1. The number of benzene rings is 2. The van der Waals surface area contributed by atoms with Crippen molar-refractivity contribution in [1.82, 2.24) is 24.6 Å². The van der Waals surface area contributed by atoms with Gasteiger partial charge in [0.25, 0.3) is 21.6 Å². The SMILES string of the molecule is O=C(NS(=O)(=O)c1cc([N+](=O)[O-])c(NCC2CCOCC2)cn1)c1ccc(N2CCC3(CC2)CC(N2CCCC2c2ccccc2C2CC2)C3)cc1N1CCOc2nc3[nH]ccc3cc21. The highest BCUT2D eigenvalue weighted by Crippen LogP contribution is 2.55. The lowest BCUT2D eigenvalue weighted by atomic mass is 9.59. The Bertz CT molecular complexity index is 2740. The minimum Gasteiger partial charge on any atom is -0.474 e. The van der Waals surface area contributed by atoms with Crippen LogP contribution in [0.25, 0.3) is 11.0 Å². The number of rotatable bonds is 12. The van der Waals surface area contributed by atoms with Gasteiger partial charge in [-0.25, -0.2) is 9.71 Å². The normalized spacial score (nSPS) is 21.5. The number of pyridine rings is 2. The van der Waals surface area contributed by atoms with Crippen LogP contribution in [0.3, 0.4) is 0 Å². The number of anilines is 4. The zero-order chi connectivity index (χ0) is 44.3. The molecule has 4 aliphatic heterocycles. The Kier molecular flexibility index (Phi) is 10.9. The van der Waals surface area contributed by atoms with E-state index in [-0.39, 0.29) is 23.8 Å². The fourth-order valence-corrected chi connectivity index (χ4v) is 12.2. The van der Waals surface area contributed by atoms with Crippen molar-refractivity contribution in [3.05, 3.63) is 99.9 Å². The highest BCUT2D eigenvalue weighted by atomic mass is 32.2. The Morgan fingerprint density at radius 2 is 1.72 bits per heavy atom. The second-order valence-electron chi connectivity index (χ2n) is 18.9. The largest absolute Gasteiger partial charge is 0.474 e. The van der Waals surface area contributed by atoms with Gasteiger partial charge in [0.2, 0.25) is 5.88 Å². The molecule has 3 N–H and O–H groups in total. The van der Waals surface area contributed by atoms with E-state index < -0.39 is 31.6 Å². The molecular weight excluding hydrogens is 847 g/mol. The van der Waals surface area contributed by atoms with Gasteiger partial charge in [0.1, 0.15) is 23.6 Å². The van der Waals surface area contributed by atoms with E-state index in [9.17, 15) is 23.3 Å². The molecule has 65 heavy (non-hydrogen) atoms. The highest BCUT2D eigenvalue weighted by molar-refractivity contribution is 7.90. The first kappa shape index (κ1) is 41.9. The van der Waals surface area contributed by atoms with Crippen molar-refractivity contribution >= 4 is 55.4 Å². The summed E-state index contributed by atoms with van der Waals surface area (Å²) in [6.07, 6.45) is 14.3. The summed E-state index contributed by atoms with van der Waals surface area (Å²) < 4.78 is 41.3. The second-order valence-corrected chi connectivity index (χ2v) is 20.6. The lowest BCUT2D eigenvalue weighted by Gasteiger charge is -2.56. The van der Waals surface area contributed by atoms with Gasteiger partial charge in [0.15, 0.2) is 5.03 Å².